The molecule has 1 unspecified atom stereocenters. The SMILES string of the molecule is COc1ccnc(CSc2nnc(C3CCCNC3)n2C)c1OC.Cl.Cl. The number of nitrogens with zero attached hydrogens (tertiary/aromatic N) is 4. The molecule has 0 aromatic carbocycles. The van der Waals surface area contributed by atoms with Crippen LogP contribution in [-0.4, -0.2) is 47.1 Å². The topological polar surface area (TPSA) is 74.1 Å². The Balaban J connectivity index is 0.00000169. The summed E-state index contributed by atoms with van der Waals surface area (Å²) in [4.78, 5) is 4.41. The number of hydrogen-bond acceptors (Lipinski definition) is 7. The fourth-order valence-corrected chi connectivity index (χ4v) is 3.82. The summed E-state index contributed by atoms with van der Waals surface area (Å²) in [7, 11) is 5.29. The summed E-state index contributed by atoms with van der Waals surface area (Å²) in [6.45, 7) is 2.07. The number of halogens is 2. The maximum absolute atomic E-state index is 5.43. The van der Waals surface area contributed by atoms with Gasteiger partial charge in [-0.05, 0) is 19.4 Å². The monoisotopic (exact) mass is 421 g/mol. The lowest BCUT2D eigenvalue weighted by atomic mass is 9.99. The number of methoxy groups -OCH3 is 2. The van der Waals surface area contributed by atoms with Gasteiger partial charge in [-0.25, -0.2) is 0 Å². The van der Waals surface area contributed by atoms with Gasteiger partial charge in [-0.3, -0.25) is 4.98 Å². The molecule has 0 aliphatic carbocycles. The lowest BCUT2D eigenvalue weighted by Crippen LogP contribution is -2.29. The molecule has 0 bridgehead atoms. The predicted octanol–water partition coefficient (Wildman–Crippen LogP) is 2.83. The fraction of sp³-hybridized carbons (Fsp3) is 0.562. The molecular formula is C16H25Cl2N5O2S. The van der Waals surface area contributed by atoms with E-state index in [0.29, 0.717) is 23.2 Å². The Morgan fingerprint density at radius 1 is 1.27 bits per heavy atom. The van der Waals surface area contributed by atoms with Crippen molar-refractivity contribution < 1.29 is 9.47 Å². The van der Waals surface area contributed by atoms with Gasteiger partial charge >= 0.3 is 0 Å². The molecular weight excluding hydrogens is 397 g/mol. The number of thioether (sulfide) groups is 1. The molecule has 10 heteroatoms. The van der Waals surface area contributed by atoms with Gasteiger partial charge in [0.2, 0.25) is 0 Å². The van der Waals surface area contributed by atoms with Gasteiger partial charge in [-0.15, -0.1) is 35.0 Å². The van der Waals surface area contributed by atoms with Crippen molar-refractivity contribution in [2.24, 2.45) is 7.05 Å². The minimum Gasteiger partial charge on any atom is -0.493 e. The van der Waals surface area contributed by atoms with Gasteiger partial charge in [-0.2, -0.15) is 0 Å². The predicted molar refractivity (Wildman–Crippen MR) is 107 cm³/mol. The van der Waals surface area contributed by atoms with E-state index >= 15 is 0 Å². The molecule has 0 spiro atoms. The molecule has 1 N–H and O–H groups in total. The highest BCUT2D eigenvalue weighted by molar-refractivity contribution is 7.98. The van der Waals surface area contributed by atoms with Crippen molar-refractivity contribution in [3.05, 3.63) is 23.8 Å². The third-order valence-corrected chi connectivity index (χ3v) is 5.27. The molecule has 3 heterocycles. The summed E-state index contributed by atoms with van der Waals surface area (Å²) in [5, 5.41) is 13.1. The zero-order chi connectivity index (χ0) is 16.9. The summed E-state index contributed by atoms with van der Waals surface area (Å²) < 4.78 is 12.8. The van der Waals surface area contributed by atoms with Crippen molar-refractivity contribution in [1.29, 1.82) is 0 Å². The second-order valence-corrected chi connectivity index (χ2v) is 6.67. The van der Waals surface area contributed by atoms with Crippen LogP contribution in [0.15, 0.2) is 17.4 Å². The standard InChI is InChI=1S/C16H23N5O2S.2ClH/c1-21-15(11-5-4-7-17-9-11)19-20-16(21)24-10-12-14(23-3)13(22-2)6-8-18-12;;/h6,8,11,17H,4-5,7,9-10H2,1-3H3;2*1H. The van der Waals surface area contributed by atoms with Crippen LogP contribution in [0, 0.1) is 0 Å². The van der Waals surface area contributed by atoms with Gasteiger partial charge in [0.05, 0.1) is 19.9 Å². The summed E-state index contributed by atoms with van der Waals surface area (Å²) in [5.41, 5.74) is 0.839. The number of rotatable bonds is 6. The van der Waals surface area contributed by atoms with E-state index in [2.05, 4.69) is 25.1 Å². The van der Waals surface area contributed by atoms with Crippen molar-refractivity contribution >= 4 is 36.6 Å². The van der Waals surface area contributed by atoms with Gasteiger partial charge in [0.25, 0.3) is 0 Å². The van der Waals surface area contributed by atoms with Crippen LogP contribution in [0.1, 0.15) is 30.3 Å². The number of aromatic nitrogens is 4. The number of pyridine rings is 1. The number of nitrogens with one attached hydrogen (secondary N) is 1. The van der Waals surface area contributed by atoms with Crippen molar-refractivity contribution in [2.45, 2.75) is 29.7 Å². The van der Waals surface area contributed by atoms with E-state index in [1.54, 1.807) is 38.2 Å². The van der Waals surface area contributed by atoms with Crippen LogP contribution >= 0.6 is 36.6 Å². The molecule has 26 heavy (non-hydrogen) atoms. The van der Waals surface area contributed by atoms with Gasteiger partial charge in [0, 0.05) is 37.5 Å². The third kappa shape index (κ3) is 4.94. The van der Waals surface area contributed by atoms with Gasteiger partial charge in [-0.1, -0.05) is 11.8 Å². The quantitative estimate of drug-likeness (QED) is 0.718. The van der Waals surface area contributed by atoms with Gasteiger partial charge in [0.15, 0.2) is 16.7 Å². The molecule has 3 rings (SSSR count). The Kier molecular flexibility index (Phi) is 9.49. The van der Waals surface area contributed by atoms with E-state index in [1.165, 1.54) is 6.42 Å². The van der Waals surface area contributed by atoms with E-state index < -0.39 is 0 Å². The highest BCUT2D eigenvalue weighted by atomic mass is 35.5. The molecule has 2 aromatic rings. The Morgan fingerprint density at radius 2 is 2.08 bits per heavy atom. The molecule has 0 saturated carbocycles. The maximum Gasteiger partial charge on any atom is 0.191 e. The number of piperidine rings is 1. The molecule has 7 nitrogen and oxygen atoms in total. The summed E-state index contributed by atoms with van der Waals surface area (Å²) in [6, 6.07) is 1.80. The van der Waals surface area contributed by atoms with Crippen LogP contribution in [0.25, 0.3) is 0 Å². The van der Waals surface area contributed by atoms with Crippen LogP contribution < -0.4 is 14.8 Å². The van der Waals surface area contributed by atoms with Crippen molar-refractivity contribution in [3.8, 4) is 11.5 Å². The second-order valence-electron chi connectivity index (χ2n) is 5.72. The Morgan fingerprint density at radius 3 is 2.73 bits per heavy atom. The summed E-state index contributed by atoms with van der Waals surface area (Å²) in [5.74, 6) is 3.50. The van der Waals surface area contributed by atoms with Crippen molar-refractivity contribution in [3.63, 3.8) is 0 Å². The average molecular weight is 422 g/mol. The lowest BCUT2D eigenvalue weighted by Gasteiger charge is -2.21. The maximum atomic E-state index is 5.43. The largest absolute Gasteiger partial charge is 0.493 e. The second kappa shape index (κ2) is 10.8. The van der Waals surface area contributed by atoms with E-state index in [-0.39, 0.29) is 24.8 Å². The first-order valence-electron chi connectivity index (χ1n) is 8.03. The first-order valence-corrected chi connectivity index (χ1v) is 9.01. The zero-order valence-electron chi connectivity index (χ0n) is 15.1. The minimum absolute atomic E-state index is 0. The van der Waals surface area contributed by atoms with Crippen LogP contribution in [0.5, 0.6) is 11.5 Å². The average Bonchev–Trinajstić information content (AvgIpc) is 3.00. The highest BCUT2D eigenvalue weighted by Crippen LogP contribution is 2.33. The van der Waals surface area contributed by atoms with E-state index in [9.17, 15) is 0 Å². The van der Waals surface area contributed by atoms with Crippen LogP contribution in [-0.2, 0) is 12.8 Å². The van der Waals surface area contributed by atoms with Gasteiger partial charge < -0.3 is 19.4 Å². The normalized spacial score (nSPS) is 16.3. The summed E-state index contributed by atoms with van der Waals surface area (Å²) in [6.07, 6.45) is 4.08. The van der Waals surface area contributed by atoms with Gasteiger partial charge in [0.1, 0.15) is 5.82 Å². The third-order valence-electron chi connectivity index (χ3n) is 4.23. The molecule has 1 aliphatic heterocycles. The smallest absolute Gasteiger partial charge is 0.191 e. The first kappa shape index (κ1) is 22.8. The molecule has 1 fully saturated rings. The summed E-state index contributed by atoms with van der Waals surface area (Å²) >= 11 is 1.60. The van der Waals surface area contributed by atoms with Crippen molar-refractivity contribution in [2.75, 3.05) is 27.3 Å². The molecule has 1 saturated heterocycles. The first-order chi connectivity index (χ1) is 11.7. The van der Waals surface area contributed by atoms with Crippen LogP contribution in [0.3, 0.4) is 0 Å². The fourth-order valence-electron chi connectivity index (χ4n) is 2.97. The minimum atomic E-state index is 0. The molecule has 146 valence electrons. The molecule has 1 aliphatic rings. The Bertz CT molecular complexity index is 695. The van der Waals surface area contributed by atoms with E-state index in [1.807, 2.05) is 7.05 Å². The van der Waals surface area contributed by atoms with Crippen molar-refractivity contribution in [1.82, 2.24) is 25.1 Å². The molecule has 0 radical (unpaired) electrons. The van der Waals surface area contributed by atoms with Crippen LogP contribution in [0.4, 0.5) is 0 Å². The van der Waals surface area contributed by atoms with E-state index in [0.717, 1.165) is 36.2 Å². The molecule has 0 amide bonds. The lowest BCUT2D eigenvalue weighted by molar-refractivity contribution is 0.350. The van der Waals surface area contributed by atoms with Crippen LogP contribution in [0.2, 0.25) is 0 Å². The molecule has 1 atom stereocenters. The number of hydrogen-bond donors (Lipinski definition) is 1. The Hall–Kier alpha value is -1.22. The highest BCUT2D eigenvalue weighted by Gasteiger charge is 2.22. The number of ether oxygens (including phenoxy) is 2. The Labute approximate surface area is 170 Å². The molecule has 2 aromatic heterocycles. The van der Waals surface area contributed by atoms with E-state index in [4.69, 9.17) is 9.47 Å². The zero-order valence-corrected chi connectivity index (χ0v) is 17.5.